The summed E-state index contributed by atoms with van der Waals surface area (Å²) in [6, 6.07) is 1.14. The van der Waals surface area contributed by atoms with Gasteiger partial charge in [0, 0.05) is 51.5 Å². The summed E-state index contributed by atoms with van der Waals surface area (Å²) < 4.78 is 5.34. The smallest absolute Gasteiger partial charge is 0.191 e. The maximum atomic E-state index is 5.34. The summed E-state index contributed by atoms with van der Waals surface area (Å²) in [5.41, 5.74) is 0. The van der Waals surface area contributed by atoms with Gasteiger partial charge in [-0.15, -0.1) is 0 Å². The molecular weight excluding hydrogens is 276 g/mol. The van der Waals surface area contributed by atoms with E-state index in [1.54, 1.807) is 0 Å². The summed E-state index contributed by atoms with van der Waals surface area (Å²) in [7, 11) is 0. The molecule has 132 valence electrons. The number of nitrogens with zero attached hydrogens (tertiary/aromatic N) is 2. The number of aliphatic imine (C=N–C) groups is 1. The summed E-state index contributed by atoms with van der Waals surface area (Å²) in [6.07, 6.45) is 2.14. The Morgan fingerprint density at radius 2 is 1.73 bits per heavy atom. The predicted molar refractivity (Wildman–Crippen MR) is 96.7 cm³/mol. The number of hydrogen-bond donors (Lipinski definition) is 2. The lowest BCUT2D eigenvalue weighted by atomic mass is 10.2. The highest BCUT2D eigenvalue weighted by Crippen LogP contribution is 2.03. The van der Waals surface area contributed by atoms with E-state index in [1.807, 2.05) is 6.92 Å². The van der Waals surface area contributed by atoms with Crippen molar-refractivity contribution in [3.8, 4) is 0 Å². The minimum atomic E-state index is 0.569. The van der Waals surface area contributed by atoms with Crippen molar-refractivity contribution in [3.63, 3.8) is 0 Å². The molecular formula is C17H38N4O. The molecule has 5 nitrogen and oxygen atoms in total. The molecule has 0 bridgehead atoms. The van der Waals surface area contributed by atoms with Crippen molar-refractivity contribution in [2.45, 2.75) is 66.5 Å². The van der Waals surface area contributed by atoms with Crippen molar-refractivity contribution in [1.29, 1.82) is 0 Å². The Hall–Kier alpha value is -0.810. The molecule has 2 N–H and O–H groups in total. The predicted octanol–water partition coefficient (Wildman–Crippen LogP) is 2.48. The Bertz CT molecular complexity index is 272. The van der Waals surface area contributed by atoms with Gasteiger partial charge in [0.1, 0.15) is 0 Å². The van der Waals surface area contributed by atoms with Gasteiger partial charge >= 0.3 is 0 Å². The van der Waals surface area contributed by atoms with Crippen LogP contribution in [0.1, 0.15) is 54.4 Å². The normalized spacial score (nSPS) is 12.5. The second-order valence-electron chi connectivity index (χ2n) is 6.02. The van der Waals surface area contributed by atoms with Crippen LogP contribution in [0.15, 0.2) is 4.99 Å². The molecule has 0 amide bonds. The van der Waals surface area contributed by atoms with Crippen LogP contribution in [-0.4, -0.2) is 62.3 Å². The van der Waals surface area contributed by atoms with E-state index in [-0.39, 0.29) is 0 Å². The Morgan fingerprint density at radius 3 is 2.27 bits per heavy atom. The second-order valence-corrected chi connectivity index (χ2v) is 6.02. The summed E-state index contributed by atoms with van der Waals surface area (Å²) in [4.78, 5) is 7.10. The second kappa shape index (κ2) is 13.8. The fraction of sp³-hybridized carbons (Fsp3) is 0.941. The number of rotatable bonds is 12. The first-order valence-electron chi connectivity index (χ1n) is 8.88. The monoisotopic (exact) mass is 314 g/mol. The SMILES string of the molecule is CCNC(=NCCCCOCC)NCCN(C(C)C)C(C)C. The molecule has 0 rings (SSSR count). The molecule has 0 aliphatic carbocycles. The summed E-state index contributed by atoms with van der Waals surface area (Å²) >= 11 is 0. The van der Waals surface area contributed by atoms with Crippen LogP contribution in [0, 0.1) is 0 Å². The molecule has 0 spiro atoms. The Kier molecular flexibility index (Phi) is 13.3. The van der Waals surface area contributed by atoms with Gasteiger partial charge in [-0.3, -0.25) is 9.89 Å². The van der Waals surface area contributed by atoms with Crippen molar-refractivity contribution in [2.24, 2.45) is 4.99 Å². The van der Waals surface area contributed by atoms with Crippen LogP contribution in [0.5, 0.6) is 0 Å². The van der Waals surface area contributed by atoms with E-state index < -0.39 is 0 Å². The van der Waals surface area contributed by atoms with E-state index in [4.69, 9.17) is 4.74 Å². The van der Waals surface area contributed by atoms with Crippen LogP contribution in [0.3, 0.4) is 0 Å². The van der Waals surface area contributed by atoms with Crippen molar-refractivity contribution in [1.82, 2.24) is 15.5 Å². The highest BCUT2D eigenvalue weighted by molar-refractivity contribution is 5.79. The quantitative estimate of drug-likeness (QED) is 0.330. The van der Waals surface area contributed by atoms with Crippen molar-refractivity contribution in [2.75, 3.05) is 39.4 Å². The van der Waals surface area contributed by atoms with Crippen molar-refractivity contribution in [3.05, 3.63) is 0 Å². The fourth-order valence-corrected chi connectivity index (χ4v) is 2.41. The zero-order valence-electron chi connectivity index (χ0n) is 15.6. The van der Waals surface area contributed by atoms with Gasteiger partial charge in [-0.2, -0.15) is 0 Å². The van der Waals surface area contributed by atoms with Crippen molar-refractivity contribution < 1.29 is 4.74 Å². The number of guanidine groups is 1. The first-order chi connectivity index (χ1) is 10.5. The third kappa shape index (κ3) is 10.9. The first-order valence-corrected chi connectivity index (χ1v) is 8.88. The average molecular weight is 315 g/mol. The molecule has 0 aliphatic heterocycles. The van der Waals surface area contributed by atoms with Gasteiger partial charge in [-0.05, 0) is 54.4 Å². The van der Waals surface area contributed by atoms with Crippen LogP contribution in [-0.2, 0) is 4.74 Å². The molecule has 0 unspecified atom stereocenters. The molecule has 0 fully saturated rings. The van der Waals surface area contributed by atoms with Crippen LogP contribution >= 0.6 is 0 Å². The van der Waals surface area contributed by atoms with Gasteiger partial charge in [0.05, 0.1) is 0 Å². The van der Waals surface area contributed by atoms with Crippen LogP contribution in [0.4, 0.5) is 0 Å². The maximum Gasteiger partial charge on any atom is 0.191 e. The molecule has 0 saturated heterocycles. The van der Waals surface area contributed by atoms with E-state index in [0.29, 0.717) is 12.1 Å². The minimum absolute atomic E-state index is 0.569. The molecule has 0 aliphatic rings. The third-order valence-corrected chi connectivity index (χ3v) is 3.50. The van der Waals surface area contributed by atoms with Crippen LogP contribution < -0.4 is 10.6 Å². The molecule has 5 heteroatoms. The molecule has 22 heavy (non-hydrogen) atoms. The standard InChI is InChI=1S/C17H38N4O/c1-7-18-17(19-11-9-10-14-22-8-2)20-12-13-21(15(3)4)16(5)6/h15-16H,7-14H2,1-6H3,(H2,18,19,20). The summed E-state index contributed by atoms with van der Waals surface area (Å²) in [5.74, 6) is 0.923. The Balaban J connectivity index is 4.06. The molecule has 0 atom stereocenters. The van der Waals surface area contributed by atoms with E-state index in [2.05, 4.69) is 55.1 Å². The number of hydrogen-bond acceptors (Lipinski definition) is 3. The van der Waals surface area contributed by atoms with Gasteiger partial charge in [0.15, 0.2) is 5.96 Å². The van der Waals surface area contributed by atoms with E-state index in [9.17, 15) is 0 Å². The molecule has 0 aromatic heterocycles. The maximum absolute atomic E-state index is 5.34. The van der Waals surface area contributed by atoms with E-state index in [0.717, 1.165) is 58.2 Å². The first kappa shape index (κ1) is 21.2. The zero-order valence-corrected chi connectivity index (χ0v) is 15.6. The Morgan fingerprint density at radius 1 is 1.05 bits per heavy atom. The molecule has 0 aromatic carbocycles. The van der Waals surface area contributed by atoms with Crippen molar-refractivity contribution >= 4 is 5.96 Å². The highest BCUT2D eigenvalue weighted by Gasteiger charge is 2.12. The van der Waals surface area contributed by atoms with Crippen LogP contribution in [0.2, 0.25) is 0 Å². The number of ether oxygens (including phenoxy) is 1. The molecule has 0 saturated carbocycles. The topological polar surface area (TPSA) is 48.9 Å². The lowest BCUT2D eigenvalue weighted by Crippen LogP contribution is -2.45. The van der Waals surface area contributed by atoms with E-state index in [1.165, 1.54) is 0 Å². The van der Waals surface area contributed by atoms with Gasteiger partial charge in [-0.25, -0.2) is 0 Å². The Labute approximate surface area is 137 Å². The molecule has 0 heterocycles. The average Bonchev–Trinajstić information content (AvgIpc) is 2.46. The number of unbranched alkanes of at least 4 members (excludes halogenated alkanes) is 1. The van der Waals surface area contributed by atoms with E-state index >= 15 is 0 Å². The van der Waals surface area contributed by atoms with Gasteiger partial charge < -0.3 is 15.4 Å². The fourth-order valence-electron chi connectivity index (χ4n) is 2.41. The zero-order chi connectivity index (χ0) is 16.8. The molecule has 0 radical (unpaired) electrons. The largest absolute Gasteiger partial charge is 0.382 e. The lowest BCUT2D eigenvalue weighted by Gasteiger charge is -2.30. The highest BCUT2D eigenvalue weighted by atomic mass is 16.5. The summed E-state index contributed by atoms with van der Waals surface area (Å²) in [5, 5.41) is 6.73. The molecule has 0 aromatic rings. The lowest BCUT2D eigenvalue weighted by molar-refractivity contribution is 0.144. The van der Waals surface area contributed by atoms with Crippen LogP contribution in [0.25, 0.3) is 0 Å². The summed E-state index contributed by atoms with van der Waals surface area (Å²) in [6.45, 7) is 18.5. The third-order valence-electron chi connectivity index (χ3n) is 3.50. The van der Waals surface area contributed by atoms with Gasteiger partial charge in [0.25, 0.3) is 0 Å². The van der Waals surface area contributed by atoms with Gasteiger partial charge in [0.2, 0.25) is 0 Å². The minimum Gasteiger partial charge on any atom is -0.382 e. The number of nitrogens with one attached hydrogen (secondary N) is 2. The van der Waals surface area contributed by atoms with Gasteiger partial charge in [-0.1, -0.05) is 0 Å².